The van der Waals surface area contributed by atoms with Crippen LogP contribution in [-0.2, 0) is 15.1 Å². The first-order valence-corrected chi connectivity index (χ1v) is 7.32. The molecule has 3 rings (SSSR count). The van der Waals surface area contributed by atoms with Crippen molar-refractivity contribution in [1.82, 2.24) is 5.32 Å². The highest BCUT2D eigenvalue weighted by atomic mass is 16.5. The number of ether oxygens (including phenoxy) is 1. The zero-order valence-corrected chi connectivity index (χ0v) is 12.6. The van der Waals surface area contributed by atoms with E-state index in [2.05, 4.69) is 10.3 Å². The minimum absolute atomic E-state index is 0.0543. The Morgan fingerprint density at radius 3 is 1.91 bits per heavy atom. The van der Waals surface area contributed by atoms with Gasteiger partial charge in [-0.25, -0.2) is 4.99 Å². The van der Waals surface area contributed by atoms with Crippen LogP contribution in [0.1, 0.15) is 25.0 Å². The van der Waals surface area contributed by atoms with Gasteiger partial charge in [0.15, 0.2) is 5.54 Å². The predicted molar refractivity (Wildman–Crippen MR) is 85.5 cm³/mol. The minimum Gasteiger partial charge on any atom is -0.462 e. The van der Waals surface area contributed by atoms with Crippen molar-refractivity contribution in [2.45, 2.75) is 25.5 Å². The van der Waals surface area contributed by atoms with Gasteiger partial charge in [0.05, 0.1) is 6.10 Å². The van der Waals surface area contributed by atoms with Crippen molar-refractivity contribution in [3.8, 4) is 0 Å². The zero-order valence-electron chi connectivity index (χ0n) is 12.6. The number of amides is 1. The number of carbonyl (C=O) groups excluding carboxylic acids is 1. The lowest BCUT2D eigenvalue weighted by Crippen LogP contribution is -2.39. The van der Waals surface area contributed by atoms with Gasteiger partial charge in [0, 0.05) is 0 Å². The Hall–Kier alpha value is -2.62. The zero-order chi connectivity index (χ0) is 15.6. The molecule has 0 aliphatic carbocycles. The van der Waals surface area contributed by atoms with E-state index >= 15 is 0 Å². The summed E-state index contributed by atoms with van der Waals surface area (Å²) in [7, 11) is 0. The van der Waals surface area contributed by atoms with Crippen LogP contribution in [0, 0.1) is 0 Å². The van der Waals surface area contributed by atoms with Crippen molar-refractivity contribution in [3.63, 3.8) is 0 Å². The highest BCUT2D eigenvalue weighted by Gasteiger charge is 2.47. The second-order valence-electron chi connectivity index (χ2n) is 5.48. The van der Waals surface area contributed by atoms with E-state index in [4.69, 9.17) is 4.74 Å². The van der Waals surface area contributed by atoms with Crippen molar-refractivity contribution in [1.29, 1.82) is 0 Å². The largest absolute Gasteiger partial charge is 0.462 e. The van der Waals surface area contributed by atoms with E-state index in [1.54, 1.807) is 0 Å². The number of benzene rings is 2. The summed E-state index contributed by atoms with van der Waals surface area (Å²) in [6, 6.07) is 19.4. The molecule has 112 valence electrons. The fourth-order valence-electron chi connectivity index (χ4n) is 2.61. The summed E-state index contributed by atoms with van der Waals surface area (Å²) in [5, 5.41) is 2.76. The van der Waals surface area contributed by atoms with Gasteiger partial charge in [-0.05, 0) is 25.0 Å². The molecule has 1 aliphatic heterocycles. The summed E-state index contributed by atoms with van der Waals surface area (Å²) in [4.78, 5) is 17.4. The van der Waals surface area contributed by atoms with Crippen molar-refractivity contribution < 1.29 is 9.53 Å². The van der Waals surface area contributed by atoms with Gasteiger partial charge >= 0.3 is 0 Å². The number of nitrogens with one attached hydrogen (secondary N) is 1. The van der Waals surface area contributed by atoms with Crippen LogP contribution >= 0.6 is 0 Å². The highest BCUT2D eigenvalue weighted by Crippen LogP contribution is 2.37. The third-order valence-corrected chi connectivity index (χ3v) is 3.55. The molecule has 0 spiro atoms. The second kappa shape index (κ2) is 5.64. The normalized spacial score (nSPS) is 16.3. The summed E-state index contributed by atoms with van der Waals surface area (Å²) in [6.07, 6.45) is -0.0543. The van der Waals surface area contributed by atoms with E-state index in [1.807, 2.05) is 74.5 Å². The molecule has 22 heavy (non-hydrogen) atoms. The first kappa shape index (κ1) is 14.3. The van der Waals surface area contributed by atoms with Gasteiger partial charge in [-0.15, -0.1) is 0 Å². The molecule has 0 aromatic heterocycles. The van der Waals surface area contributed by atoms with Crippen molar-refractivity contribution in [3.05, 3.63) is 71.8 Å². The number of hydrogen-bond acceptors (Lipinski definition) is 3. The number of amidine groups is 1. The van der Waals surface area contributed by atoms with Crippen LogP contribution in [0.3, 0.4) is 0 Å². The molecule has 0 saturated carbocycles. The lowest BCUT2D eigenvalue weighted by molar-refractivity contribution is -0.122. The van der Waals surface area contributed by atoms with Crippen LogP contribution in [-0.4, -0.2) is 18.0 Å². The molecule has 1 N–H and O–H groups in total. The standard InChI is InChI=1S/C18H18N2O2/c1-13(2)22-17-19-16(21)18(20-17,14-9-5-3-6-10-14)15-11-7-4-8-12-15/h3-13H,1-2H3,(H,19,20,21). The predicted octanol–water partition coefficient (Wildman–Crippen LogP) is 2.84. The molecule has 2 aromatic carbocycles. The second-order valence-corrected chi connectivity index (χ2v) is 5.48. The number of rotatable bonds is 3. The lowest BCUT2D eigenvalue weighted by atomic mass is 9.83. The highest BCUT2D eigenvalue weighted by molar-refractivity contribution is 6.07. The molecule has 4 heteroatoms. The van der Waals surface area contributed by atoms with Gasteiger partial charge in [-0.2, -0.15) is 0 Å². The summed E-state index contributed by atoms with van der Waals surface area (Å²) >= 11 is 0. The fraction of sp³-hybridized carbons (Fsp3) is 0.222. The van der Waals surface area contributed by atoms with Gasteiger partial charge in [0.1, 0.15) is 0 Å². The number of hydrogen-bond donors (Lipinski definition) is 1. The number of aliphatic imine (C=N–C) groups is 1. The topological polar surface area (TPSA) is 50.7 Å². The molecule has 4 nitrogen and oxygen atoms in total. The van der Waals surface area contributed by atoms with Gasteiger partial charge in [-0.1, -0.05) is 60.7 Å². The van der Waals surface area contributed by atoms with Crippen LogP contribution in [0.4, 0.5) is 0 Å². The maximum absolute atomic E-state index is 12.8. The Balaban J connectivity index is 2.17. The smallest absolute Gasteiger partial charge is 0.293 e. The third kappa shape index (κ3) is 2.37. The molecule has 0 unspecified atom stereocenters. The van der Waals surface area contributed by atoms with E-state index in [0.717, 1.165) is 11.1 Å². The van der Waals surface area contributed by atoms with Gasteiger partial charge in [-0.3, -0.25) is 10.1 Å². The maximum Gasteiger partial charge on any atom is 0.293 e. The maximum atomic E-state index is 12.8. The summed E-state index contributed by atoms with van der Waals surface area (Å²) in [5.41, 5.74) is 0.550. The molecule has 1 aliphatic rings. The molecule has 0 fully saturated rings. The Labute approximate surface area is 129 Å². The van der Waals surface area contributed by atoms with Crippen LogP contribution in [0.2, 0.25) is 0 Å². The molecule has 1 amide bonds. The van der Waals surface area contributed by atoms with Crippen molar-refractivity contribution >= 4 is 11.9 Å². The molecular formula is C18H18N2O2. The molecule has 0 bridgehead atoms. The van der Waals surface area contributed by atoms with E-state index in [9.17, 15) is 4.79 Å². The summed E-state index contributed by atoms with van der Waals surface area (Å²) < 4.78 is 5.60. The van der Waals surface area contributed by atoms with Gasteiger partial charge in [0.25, 0.3) is 11.9 Å². The molecule has 0 saturated heterocycles. The lowest BCUT2D eigenvalue weighted by Gasteiger charge is -2.24. The van der Waals surface area contributed by atoms with Gasteiger partial charge in [0.2, 0.25) is 0 Å². The first-order valence-electron chi connectivity index (χ1n) is 7.32. The van der Waals surface area contributed by atoms with Crippen molar-refractivity contribution in [2.24, 2.45) is 4.99 Å². The third-order valence-electron chi connectivity index (χ3n) is 3.55. The Bertz CT molecular complexity index is 654. The molecular weight excluding hydrogens is 276 g/mol. The van der Waals surface area contributed by atoms with Gasteiger partial charge < -0.3 is 4.74 Å². The van der Waals surface area contributed by atoms with E-state index in [-0.39, 0.29) is 18.0 Å². The van der Waals surface area contributed by atoms with Crippen LogP contribution in [0.15, 0.2) is 65.7 Å². The van der Waals surface area contributed by atoms with Crippen molar-refractivity contribution in [2.75, 3.05) is 0 Å². The number of nitrogens with zero attached hydrogens (tertiary/aromatic N) is 1. The molecule has 1 heterocycles. The Morgan fingerprint density at radius 1 is 0.955 bits per heavy atom. The summed E-state index contributed by atoms with van der Waals surface area (Å²) in [6.45, 7) is 3.80. The van der Waals surface area contributed by atoms with Crippen LogP contribution < -0.4 is 5.32 Å². The first-order chi connectivity index (χ1) is 10.6. The Morgan fingerprint density at radius 2 is 1.45 bits per heavy atom. The SMILES string of the molecule is CC(C)OC1=NC(c2ccccc2)(c2ccccc2)C(=O)N1. The quantitative estimate of drug-likeness (QED) is 0.946. The molecule has 0 atom stereocenters. The molecule has 0 radical (unpaired) electrons. The van der Waals surface area contributed by atoms with E-state index in [0.29, 0.717) is 0 Å². The average molecular weight is 294 g/mol. The number of carbonyl (C=O) groups is 1. The fourth-order valence-corrected chi connectivity index (χ4v) is 2.61. The van der Waals surface area contributed by atoms with Crippen LogP contribution in [0.5, 0.6) is 0 Å². The van der Waals surface area contributed by atoms with E-state index in [1.165, 1.54) is 0 Å². The minimum atomic E-state index is -1.09. The van der Waals surface area contributed by atoms with Crippen LogP contribution in [0.25, 0.3) is 0 Å². The van der Waals surface area contributed by atoms with E-state index < -0.39 is 5.54 Å². The average Bonchev–Trinajstić information content (AvgIpc) is 2.85. The Kier molecular flexibility index (Phi) is 3.67. The monoisotopic (exact) mass is 294 g/mol. The molecule has 2 aromatic rings. The summed E-state index contributed by atoms with van der Waals surface area (Å²) in [5.74, 6) is -0.194.